The van der Waals surface area contributed by atoms with Crippen LogP contribution in [0.1, 0.15) is 258 Å². The summed E-state index contributed by atoms with van der Waals surface area (Å²) in [6, 6.07) is 0. The number of ether oxygens (including phenoxy) is 4. The summed E-state index contributed by atoms with van der Waals surface area (Å²) in [4.78, 5) is 37.3. The Morgan fingerprint density at radius 1 is 0.425 bits per heavy atom. The number of carbonyl (C=O) groups excluding carboxylic acids is 3. The van der Waals surface area contributed by atoms with E-state index < -0.39 is 24.3 Å². The highest BCUT2D eigenvalue weighted by molar-refractivity contribution is 5.70. The van der Waals surface area contributed by atoms with Crippen LogP contribution in [0.25, 0.3) is 0 Å². The first-order valence-electron chi connectivity index (χ1n) is 30.1. The van der Waals surface area contributed by atoms with E-state index >= 15 is 0 Å². The number of aliphatic carboxylic acids is 1. The lowest BCUT2D eigenvalue weighted by molar-refractivity contribution is -0.870. The number of allylic oxidation sites excluding steroid dienone is 12. The number of rotatable bonds is 55. The van der Waals surface area contributed by atoms with Crippen molar-refractivity contribution >= 4 is 17.9 Å². The lowest BCUT2D eigenvalue weighted by atomic mass is 10.0. The minimum atomic E-state index is -1.63. The zero-order valence-corrected chi connectivity index (χ0v) is 48.0. The third-order valence-corrected chi connectivity index (χ3v) is 12.9. The standard InChI is InChI=1S/C64H113NO8/c1-6-8-10-12-14-16-18-20-22-24-26-27-28-29-30-31-32-33-34-35-37-38-40-42-44-46-48-50-52-54-61(66)71-58-60(59-72-64(63(68)69)70-57-56-65(3,4)5)73-62(67)55-53-51-49-47-45-43-41-39-36-25-23-21-19-17-15-13-11-9-7-2/h9,11,15,17-18,20-21,23-24,26,36,39,60,64H,6-8,10,12-14,16,19,22,25,27-35,37-38,40-59H2,1-5H3/b11-9-,17-15-,20-18-,23-21-,26-24-,39-36-. The van der Waals surface area contributed by atoms with Crippen LogP contribution < -0.4 is 5.11 Å². The molecule has 422 valence electrons. The van der Waals surface area contributed by atoms with Gasteiger partial charge in [-0.25, -0.2) is 0 Å². The van der Waals surface area contributed by atoms with Gasteiger partial charge >= 0.3 is 11.9 Å². The first kappa shape index (κ1) is 69.7. The molecule has 2 atom stereocenters. The molecule has 0 N–H and O–H groups in total. The summed E-state index contributed by atoms with van der Waals surface area (Å²) < 4.78 is 22.7. The molecule has 0 heterocycles. The zero-order valence-electron chi connectivity index (χ0n) is 48.0. The predicted octanol–water partition coefficient (Wildman–Crippen LogP) is 16.5. The molecule has 0 aliphatic heterocycles. The lowest BCUT2D eigenvalue weighted by Crippen LogP contribution is -2.44. The van der Waals surface area contributed by atoms with Crippen LogP contribution in [0.4, 0.5) is 0 Å². The molecule has 0 saturated heterocycles. The average molecular weight is 1020 g/mol. The van der Waals surface area contributed by atoms with Gasteiger partial charge in [0.15, 0.2) is 12.4 Å². The van der Waals surface area contributed by atoms with Gasteiger partial charge < -0.3 is 33.3 Å². The molecule has 0 fully saturated rings. The van der Waals surface area contributed by atoms with E-state index in [9.17, 15) is 19.5 Å². The Hall–Kier alpha value is -3.27. The Morgan fingerprint density at radius 2 is 0.781 bits per heavy atom. The van der Waals surface area contributed by atoms with Gasteiger partial charge in [-0.05, 0) is 83.5 Å². The minimum Gasteiger partial charge on any atom is -0.545 e. The normalized spacial score (nSPS) is 13.3. The largest absolute Gasteiger partial charge is 0.545 e. The van der Waals surface area contributed by atoms with Crippen LogP contribution in [0, 0.1) is 0 Å². The molecule has 9 heteroatoms. The van der Waals surface area contributed by atoms with Gasteiger partial charge in [-0.2, -0.15) is 0 Å². The number of carbonyl (C=O) groups is 3. The van der Waals surface area contributed by atoms with Gasteiger partial charge in [0.25, 0.3) is 0 Å². The second kappa shape index (κ2) is 55.0. The topological polar surface area (TPSA) is 111 Å². The van der Waals surface area contributed by atoms with Crippen LogP contribution in [0.15, 0.2) is 72.9 Å². The molecule has 0 aromatic rings. The maximum atomic E-state index is 12.9. The Bertz CT molecular complexity index is 1420. The molecule has 0 aromatic carbocycles. The van der Waals surface area contributed by atoms with Gasteiger partial charge in [-0.15, -0.1) is 0 Å². The summed E-state index contributed by atoms with van der Waals surface area (Å²) in [6.07, 6.45) is 68.1. The molecule has 2 unspecified atom stereocenters. The van der Waals surface area contributed by atoms with E-state index in [0.717, 1.165) is 89.9 Å². The number of esters is 2. The fourth-order valence-electron chi connectivity index (χ4n) is 8.32. The third kappa shape index (κ3) is 56.3. The van der Waals surface area contributed by atoms with Crippen LogP contribution in [-0.4, -0.2) is 82.3 Å². The maximum Gasteiger partial charge on any atom is 0.306 e. The lowest BCUT2D eigenvalue weighted by Gasteiger charge is -2.26. The van der Waals surface area contributed by atoms with Crippen molar-refractivity contribution in [2.45, 2.75) is 270 Å². The van der Waals surface area contributed by atoms with Gasteiger partial charge in [0.05, 0.1) is 40.3 Å². The number of likely N-dealkylation sites (N-methyl/N-ethyl adjacent to an activating group) is 1. The Morgan fingerprint density at radius 3 is 1.16 bits per heavy atom. The van der Waals surface area contributed by atoms with Crippen molar-refractivity contribution in [2.75, 3.05) is 47.5 Å². The van der Waals surface area contributed by atoms with Crippen molar-refractivity contribution in [3.05, 3.63) is 72.9 Å². The number of quaternary nitrogens is 1. The summed E-state index contributed by atoms with van der Waals surface area (Å²) >= 11 is 0. The number of hydrogen-bond acceptors (Lipinski definition) is 8. The van der Waals surface area contributed by atoms with Crippen LogP contribution in [0.3, 0.4) is 0 Å². The highest BCUT2D eigenvalue weighted by Gasteiger charge is 2.22. The van der Waals surface area contributed by atoms with E-state index in [1.165, 1.54) is 135 Å². The van der Waals surface area contributed by atoms with E-state index in [0.29, 0.717) is 17.4 Å². The SMILES string of the molecule is CC/C=C\C/C=C\C/C=C\C/C=C\CCCCCCCCC(=O)OC(COC(=O)CCCCCCCCCCCCCCCCCCC/C=C\C/C=C\CCCCCCC)COC(OCC[N+](C)(C)C)C(=O)[O-]. The number of unbranched alkanes of at least 4 members (excludes halogenated alkanes) is 28. The van der Waals surface area contributed by atoms with Crippen LogP contribution >= 0.6 is 0 Å². The minimum absolute atomic E-state index is 0.142. The molecule has 0 radical (unpaired) electrons. The summed E-state index contributed by atoms with van der Waals surface area (Å²) in [7, 11) is 5.92. The summed E-state index contributed by atoms with van der Waals surface area (Å²) in [5, 5.41) is 11.8. The van der Waals surface area contributed by atoms with Crippen molar-refractivity contribution < 1.29 is 42.9 Å². The molecule has 9 nitrogen and oxygen atoms in total. The van der Waals surface area contributed by atoms with Gasteiger partial charge in [0.2, 0.25) is 0 Å². The van der Waals surface area contributed by atoms with Gasteiger partial charge in [0.1, 0.15) is 13.2 Å². The monoisotopic (exact) mass is 1020 g/mol. The third-order valence-electron chi connectivity index (χ3n) is 12.9. The predicted molar refractivity (Wildman–Crippen MR) is 306 cm³/mol. The van der Waals surface area contributed by atoms with E-state index in [2.05, 4.69) is 86.8 Å². The molecular weight excluding hydrogens is 911 g/mol. The Labute approximate surface area is 449 Å². The molecule has 0 bridgehead atoms. The maximum absolute atomic E-state index is 12.9. The first-order valence-corrected chi connectivity index (χ1v) is 30.1. The van der Waals surface area contributed by atoms with Gasteiger partial charge in [-0.3, -0.25) is 9.59 Å². The number of hydrogen-bond donors (Lipinski definition) is 0. The van der Waals surface area contributed by atoms with Crippen LogP contribution in [-0.2, 0) is 33.3 Å². The van der Waals surface area contributed by atoms with Crippen LogP contribution in [0.5, 0.6) is 0 Å². The molecule has 0 aliphatic carbocycles. The van der Waals surface area contributed by atoms with E-state index in [-0.39, 0.29) is 38.6 Å². The van der Waals surface area contributed by atoms with Crippen molar-refractivity contribution in [1.82, 2.24) is 0 Å². The van der Waals surface area contributed by atoms with Crippen molar-refractivity contribution in [3.63, 3.8) is 0 Å². The van der Waals surface area contributed by atoms with Crippen molar-refractivity contribution in [3.8, 4) is 0 Å². The zero-order chi connectivity index (χ0) is 53.4. The molecule has 0 amide bonds. The highest BCUT2D eigenvalue weighted by atomic mass is 16.7. The van der Waals surface area contributed by atoms with Crippen molar-refractivity contribution in [2.24, 2.45) is 0 Å². The fraction of sp³-hybridized carbons (Fsp3) is 0.766. The first-order chi connectivity index (χ1) is 35.6. The molecule has 0 rings (SSSR count). The summed E-state index contributed by atoms with van der Waals surface area (Å²) in [5.74, 6) is -2.30. The van der Waals surface area contributed by atoms with E-state index in [4.69, 9.17) is 18.9 Å². The molecular formula is C64H113NO8. The summed E-state index contributed by atoms with van der Waals surface area (Å²) in [6.45, 7) is 4.62. The van der Waals surface area contributed by atoms with E-state index in [1.54, 1.807) is 0 Å². The average Bonchev–Trinajstić information content (AvgIpc) is 3.36. The molecule has 0 aromatic heterocycles. The number of carboxylic acid groups (broad SMARTS) is 1. The molecule has 0 saturated carbocycles. The molecule has 0 spiro atoms. The molecule has 0 aliphatic rings. The van der Waals surface area contributed by atoms with Crippen LogP contribution in [0.2, 0.25) is 0 Å². The number of carboxylic acids is 1. The highest BCUT2D eigenvalue weighted by Crippen LogP contribution is 2.16. The van der Waals surface area contributed by atoms with Crippen molar-refractivity contribution in [1.29, 1.82) is 0 Å². The Kier molecular flexibility index (Phi) is 52.5. The Balaban J connectivity index is 4.18. The quantitative estimate of drug-likeness (QED) is 0.0195. The fourth-order valence-corrected chi connectivity index (χ4v) is 8.32. The number of nitrogens with zero attached hydrogens (tertiary/aromatic N) is 1. The second-order valence-electron chi connectivity index (χ2n) is 21.3. The smallest absolute Gasteiger partial charge is 0.306 e. The summed E-state index contributed by atoms with van der Waals surface area (Å²) in [5.41, 5.74) is 0. The van der Waals surface area contributed by atoms with E-state index in [1.807, 2.05) is 21.1 Å². The van der Waals surface area contributed by atoms with Gasteiger partial charge in [0, 0.05) is 12.8 Å². The second-order valence-corrected chi connectivity index (χ2v) is 21.3. The molecule has 73 heavy (non-hydrogen) atoms. The van der Waals surface area contributed by atoms with Gasteiger partial charge in [-0.1, -0.05) is 234 Å².